The van der Waals surface area contributed by atoms with Crippen LogP contribution in [0.25, 0.3) is 5.57 Å². The molecule has 5 rings (SSSR count). The molecule has 1 N–H and O–H groups in total. The molecule has 3 aliphatic rings. The zero-order valence-corrected chi connectivity index (χ0v) is 18.2. The summed E-state index contributed by atoms with van der Waals surface area (Å²) in [6, 6.07) is 12.0. The van der Waals surface area contributed by atoms with Crippen LogP contribution in [-0.4, -0.2) is 63.5 Å². The van der Waals surface area contributed by atoms with Gasteiger partial charge in [0.05, 0.1) is 31.7 Å². The first-order valence-corrected chi connectivity index (χ1v) is 11.5. The topological polar surface area (TPSA) is 73.7 Å². The minimum atomic E-state index is -0.220. The molecule has 1 aromatic carbocycles. The largest absolute Gasteiger partial charge is 0.394 e. The second-order valence-corrected chi connectivity index (χ2v) is 9.05. The molecule has 0 bridgehead atoms. The average Bonchev–Trinajstić information content (AvgIpc) is 2.82. The van der Waals surface area contributed by atoms with Crippen LogP contribution in [0.4, 0.5) is 0 Å². The van der Waals surface area contributed by atoms with Crippen molar-refractivity contribution in [1.29, 1.82) is 0 Å². The third kappa shape index (κ3) is 3.84. The van der Waals surface area contributed by atoms with Crippen LogP contribution in [0.3, 0.4) is 0 Å². The quantitative estimate of drug-likeness (QED) is 0.790. The van der Waals surface area contributed by atoms with Gasteiger partial charge in [-0.25, -0.2) is 0 Å². The van der Waals surface area contributed by atoms with Crippen LogP contribution >= 0.6 is 0 Å². The predicted octanol–water partition coefficient (Wildman–Crippen LogP) is 2.78. The van der Waals surface area contributed by atoms with Gasteiger partial charge in [0.2, 0.25) is 11.8 Å². The standard InChI is InChI=1S/C26H29N3O3/c30-17-23-26(21-10-8-20(9-11-21)19-6-2-1-3-7-19)22-15-28(16-25(32)29(22)23)24(31)13-18-5-4-12-27-14-18/h4-6,8-12,14,22-23,26,30H,1-3,7,13,15-17H2/t22-,23+,26-/m0/s1. The maximum Gasteiger partial charge on any atom is 0.242 e. The molecule has 0 unspecified atom stereocenters. The van der Waals surface area contributed by atoms with Gasteiger partial charge in [-0.2, -0.15) is 0 Å². The number of hydrogen-bond acceptors (Lipinski definition) is 4. The molecular formula is C26H29N3O3. The number of amides is 2. The number of piperazine rings is 1. The van der Waals surface area contributed by atoms with Crippen molar-refractivity contribution in [1.82, 2.24) is 14.8 Å². The molecule has 2 aliphatic heterocycles. The Balaban J connectivity index is 1.33. The Morgan fingerprint density at radius 1 is 1.16 bits per heavy atom. The van der Waals surface area contributed by atoms with E-state index in [1.165, 1.54) is 24.0 Å². The monoisotopic (exact) mass is 431 g/mol. The molecule has 6 heteroatoms. The van der Waals surface area contributed by atoms with Gasteiger partial charge in [0, 0.05) is 24.9 Å². The van der Waals surface area contributed by atoms with E-state index in [2.05, 4.69) is 35.3 Å². The zero-order chi connectivity index (χ0) is 22.1. The van der Waals surface area contributed by atoms with Gasteiger partial charge in [0.15, 0.2) is 0 Å². The molecule has 0 spiro atoms. The second kappa shape index (κ2) is 8.87. The van der Waals surface area contributed by atoms with Crippen LogP contribution in [0.5, 0.6) is 0 Å². The SMILES string of the molecule is O=C(Cc1cccnc1)N1CC(=O)N2[C@H](CO)[C@@H](c3ccc(C4=CCCCC4)cc3)[C@@H]2C1. The minimum absolute atomic E-state index is 0.0346. The molecule has 2 fully saturated rings. The van der Waals surface area contributed by atoms with Crippen molar-refractivity contribution >= 4 is 17.4 Å². The normalized spacial score (nSPS) is 25.1. The van der Waals surface area contributed by atoms with Gasteiger partial charge in [-0.15, -0.1) is 0 Å². The summed E-state index contributed by atoms with van der Waals surface area (Å²) in [6.07, 6.45) is 10.7. The number of carbonyl (C=O) groups excluding carboxylic acids is 2. The summed E-state index contributed by atoms with van der Waals surface area (Å²) < 4.78 is 0. The van der Waals surface area contributed by atoms with Crippen molar-refractivity contribution in [3.05, 3.63) is 71.6 Å². The fourth-order valence-electron chi connectivity index (χ4n) is 5.50. The highest BCUT2D eigenvalue weighted by Gasteiger charge is 2.54. The van der Waals surface area contributed by atoms with E-state index in [-0.39, 0.29) is 49.4 Å². The van der Waals surface area contributed by atoms with E-state index < -0.39 is 0 Å². The lowest BCUT2D eigenvalue weighted by Gasteiger charge is -2.58. The third-order valence-electron chi connectivity index (χ3n) is 7.14. The van der Waals surface area contributed by atoms with Crippen LogP contribution in [0.2, 0.25) is 0 Å². The van der Waals surface area contributed by atoms with E-state index in [0.29, 0.717) is 6.54 Å². The van der Waals surface area contributed by atoms with Gasteiger partial charge in [-0.1, -0.05) is 36.4 Å². The molecule has 0 radical (unpaired) electrons. The van der Waals surface area contributed by atoms with Crippen LogP contribution in [0.15, 0.2) is 54.9 Å². The number of aliphatic hydroxyl groups excluding tert-OH is 1. The van der Waals surface area contributed by atoms with E-state index in [0.717, 1.165) is 24.0 Å². The van der Waals surface area contributed by atoms with Crippen LogP contribution in [-0.2, 0) is 16.0 Å². The highest BCUT2D eigenvalue weighted by atomic mass is 16.3. The average molecular weight is 432 g/mol. The number of hydrogen-bond donors (Lipinski definition) is 1. The van der Waals surface area contributed by atoms with Crippen molar-refractivity contribution in [3.63, 3.8) is 0 Å². The molecule has 6 nitrogen and oxygen atoms in total. The summed E-state index contributed by atoms with van der Waals surface area (Å²) in [4.78, 5) is 33.2. The molecule has 0 saturated carbocycles. The fraction of sp³-hybridized carbons (Fsp3) is 0.423. The Morgan fingerprint density at radius 2 is 2.00 bits per heavy atom. The molecular weight excluding hydrogens is 402 g/mol. The molecule has 2 saturated heterocycles. The Bertz CT molecular complexity index is 1020. The lowest BCUT2D eigenvalue weighted by atomic mass is 9.73. The van der Waals surface area contributed by atoms with Crippen molar-refractivity contribution in [2.75, 3.05) is 19.7 Å². The first-order valence-electron chi connectivity index (χ1n) is 11.5. The summed E-state index contributed by atoms with van der Waals surface area (Å²) in [6.45, 7) is 0.508. The van der Waals surface area contributed by atoms with Crippen molar-refractivity contribution in [2.24, 2.45) is 0 Å². The molecule has 2 amide bonds. The van der Waals surface area contributed by atoms with Crippen molar-refractivity contribution in [2.45, 2.75) is 50.1 Å². The van der Waals surface area contributed by atoms with Crippen LogP contribution < -0.4 is 0 Å². The molecule has 3 atom stereocenters. The van der Waals surface area contributed by atoms with E-state index in [9.17, 15) is 14.7 Å². The predicted molar refractivity (Wildman–Crippen MR) is 122 cm³/mol. The molecule has 1 aromatic heterocycles. The highest BCUT2D eigenvalue weighted by Crippen LogP contribution is 2.43. The lowest BCUT2D eigenvalue weighted by molar-refractivity contribution is -0.166. The number of rotatable bonds is 5. The fourth-order valence-corrected chi connectivity index (χ4v) is 5.50. The minimum Gasteiger partial charge on any atom is -0.394 e. The maximum atomic E-state index is 12.9. The number of aliphatic hydroxyl groups is 1. The molecule has 1 aliphatic carbocycles. The van der Waals surface area contributed by atoms with Gasteiger partial charge >= 0.3 is 0 Å². The highest BCUT2D eigenvalue weighted by molar-refractivity contribution is 5.88. The summed E-state index contributed by atoms with van der Waals surface area (Å²) in [5.74, 6) is -0.107. The van der Waals surface area contributed by atoms with E-state index in [4.69, 9.17) is 0 Å². The van der Waals surface area contributed by atoms with Crippen LogP contribution in [0, 0.1) is 0 Å². The Hall–Kier alpha value is -2.99. The number of fused-ring (bicyclic) bond motifs is 1. The molecule has 166 valence electrons. The first kappa shape index (κ1) is 20.9. The van der Waals surface area contributed by atoms with Crippen molar-refractivity contribution < 1.29 is 14.7 Å². The van der Waals surface area contributed by atoms with E-state index >= 15 is 0 Å². The van der Waals surface area contributed by atoms with E-state index in [1.54, 1.807) is 22.2 Å². The number of nitrogens with zero attached hydrogens (tertiary/aromatic N) is 3. The smallest absolute Gasteiger partial charge is 0.242 e. The van der Waals surface area contributed by atoms with Gasteiger partial charge in [0.1, 0.15) is 0 Å². The molecule has 32 heavy (non-hydrogen) atoms. The zero-order valence-electron chi connectivity index (χ0n) is 18.2. The lowest BCUT2D eigenvalue weighted by Crippen LogP contribution is -2.73. The summed E-state index contributed by atoms with van der Waals surface area (Å²) in [5.41, 5.74) is 4.65. The van der Waals surface area contributed by atoms with Crippen LogP contribution in [0.1, 0.15) is 48.3 Å². The Kier molecular flexibility index (Phi) is 5.79. The molecule has 3 heterocycles. The summed E-state index contributed by atoms with van der Waals surface area (Å²) in [7, 11) is 0. The maximum absolute atomic E-state index is 12.9. The number of aromatic nitrogens is 1. The van der Waals surface area contributed by atoms with E-state index in [1.807, 2.05) is 12.1 Å². The van der Waals surface area contributed by atoms with Gasteiger partial charge < -0.3 is 14.9 Å². The number of allylic oxidation sites excluding steroid dienone is 2. The van der Waals surface area contributed by atoms with Gasteiger partial charge in [-0.05, 0) is 54.0 Å². The number of pyridine rings is 1. The second-order valence-electron chi connectivity index (χ2n) is 9.05. The Morgan fingerprint density at radius 3 is 2.69 bits per heavy atom. The number of benzene rings is 1. The van der Waals surface area contributed by atoms with Crippen molar-refractivity contribution in [3.8, 4) is 0 Å². The summed E-state index contributed by atoms with van der Waals surface area (Å²) >= 11 is 0. The Labute approximate surface area is 188 Å². The summed E-state index contributed by atoms with van der Waals surface area (Å²) in [5, 5.41) is 10.0. The first-order chi connectivity index (χ1) is 15.7. The number of carbonyl (C=O) groups is 2. The van der Waals surface area contributed by atoms with Gasteiger partial charge in [0.25, 0.3) is 0 Å². The molecule has 2 aromatic rings. The third-order valence-corrected chi connectivity index (χ3v) is 7.14. The van der Waals surface area contributed by atoms with Gasteiger partial charge in [-0.3, -0.25) is 14.6 Å².